The van der Waals surface area contributed by atoms with Crippen LogP contribution in [0.25, 0.3) is 43.1 Å². The Labute approximate surface area is 312 Å². The zero-order valence-electron chi connectivity index (χ0n) is 26.1. The van der Waals surface area contributed by atoms with E-state index in [2.05, 4.69) is 91.0 Å². The summed E-state index contributed by atoms with van der Waals surface area (Å²) >= 11 is 0.493. The van der Waals surface area contributed by atoms with Crippen molar-refractivity contribution in [1.29, 1.82) is 0 Å². The third-order valence-electron chi connectivity index (χ3n) is 8.09. The number of alkyl halides is 6. The van der Waals surface area contributed by atoms with Gasteiger partial charge in [0.25, 0.3) is 0 Å². The maximum atomic E-state index is 12.5. The standard InChI is InChI=1S/C21H13.C15H8F6.C5H5.2ClH.Hf/c1-2-8-15-14(7-1)13-20-18-11-4-3-9-16(18)17-10-5-6-12-19(17)21(15)20;16-14(17,18)12-5-1-10(2-6-12)9-11-3-7-13(8-4-11)15(19,20)21;1-2-4-5-3-1;;;/h1-13H;1-8H;1-3H,4H2;2*1H;/q-1;;-1;;;+2/p-2. The van der Waals surface area contributed by atoms with Crippen molar-refractivity contribution < 1.29 is 75.0 Å². The average Bonchev–Trinajstić information content (AvgIpc) is 3.81. The molecule has 0 fully saturated rings. The molecule has 1 aliphatic rings. The Balaban J connectivity index is 0.000000190. The largest absolute Gasteiger partial charge is 1.00 e. The van der Waals surface area contributed by atoms with Gasteiger partial charge in [-0.15, -0.1) is 40.1 Å². The summed E-state index contributed by atoms with van der Waals surface area (Å²) in [6.07, 6.45) is 1.19. The molecule has 0 spiro atoms. The SMILES string of the molecule is FC(F)(F)c1ccc([C](=[Hf+2])c2ccc(C(F)(F)F)cc2)cc1.[C-]1=CC=CC1.[Cl-].[Cl-].c1ccc2c(c1)[cH-]c1c3ccccc3c3ccccc3c21. The Morgan fingerprint density at radius 3 is 1.44 bits per heavy atom. The second-order valence-electron chi connectivity index (χ2n) is 11.1. The molecule has 0 saturated heterocycles. The quantitative estimate of drug-likeness (QED) is 0.0845. The molecular formula is C41H26Cl2F6Hf-2. The van der Waals surface area contributed by atoms with Gasteiger partial charge in [0.1, 0.15) is 0 Å². The molecule has 0 aliphatic heterocycles. The predicted molar refractivity (Wildman–Crippen MR) is 180 cm³/mol. The van der Waals surface area contributed by atoms with E-state index in [9.17, 15) is 26.3 Å². The van der Waals surface area contributed by atoms with Gasteiger partial charge in [-0.1, -0.05) is 77.5 Å². The molecule has 0 heterocycles. The normalized spacial score (nSPS) is 12.2. The molecule has 50 heavy (non-hydrogen) atoms. The van der Waals surface area contributed by atoms with Crippen molar-refractivity contribution >= 4 is 46.3 Å². The Hall–Kier alpha value is -3.91. The van der Waals surface area contributed by atoms with Crippen LogP contribution < -0.4 is 24.8 Å². The van der Waals surface area contributed by atoms with Crippen LogP contribution in [0.4, 0.5) is 26.3 Å². The fourth-order valence-electron chi connectivity index (χ4n) is 5.77. The Morgan fingerprint density at radius 2 is 1.00 bits per heavy atom. The van der Waals surface area contributed by atoms with E-state index >= 15 is 0 Å². The molecule has 0 unspecified atom stereocenters. The molecule has 0 bridgehead atoms. The number of rotatable bonds is 2. The number of hydrogen-bond acceptors (Lipinski definition) is 0. The molecule has 1 aliphatic carbocycles. The van der Waals surface area contributed by atoms with Gasteiger partial charge in [-0.05, 0) is 10.8 Å². The van der Waals surface area contributed by atoms with Gasteiger partial charge in [-0.3, -0.25) is 6.08 Å². The third-order valence-corrected chi connectivity index (χ3v) is 10.2. The molecule has 0 radical (unpaired) electrons. The van der Waals surface area contributed by atoms with E-state index in [1.807, 2.05) is 12.2 Å². The first-order chi connectivity index (χ1) is 23.0. The fraction of sp³-hybridized carbons (Fsp3) is 0.0732. The molecule has 0 nitrogen and oxygen atoms in total. The van der Waals surface area contributed by atoms with Gasteiger partial charge >= 0.3 is 137 Å². The maximum absolute atomic E-state index is 12.5. The Morgan fingerprint density at radius 1 is 0.560 bits per heavy atom. The first-order valence-electron chi connectivity index (χ1n) is 15.1. The minimum absolute atomic E-state index is 0. The van der Waals surface area contributed by atoms with E-state index in [-0.39, 0.29) is 24.8 Å². The van der Waals surface area contributed by atoms with Gasteiger partial charge in [0.15, 0.2) is 0 Å². The van der Waals surface area contributed by atoms with E-state index in [0.717, 1.165) is 33.9 Å². The molecule has 0 aromatic heterocycles. The number of fused-ring (bicyclic) bond motifs is 8. The molecule has 0 amide bonds. The third kappa shape index (κ3) is 8.51. The van der Waals surface area contributed by atoms with Crippen molar-refractivity contribution in [3.8, 4) is 0 Å². The first-order valence-corrected chi connectivity index (χ1v) is 16.8. The molecule has 0 saturated carbocycles. The van der Waals surface area contributed by atoms with Gasteiger partial charge in [-0.25, -0.2) is 12.2 Å². The monoisotopic (exact) mass is 882 g/mol. The molecule has 8 rings (SSSR count). The van der Waals surface area contributed by atoms with Gasteiger partial charge in [-0.2, -0.15) is 6.08 Å². The smallest absolute Gasteiger partial charge is 0.0255 e. The summed E-state index contributed by atoms with van der Waals surface area (Å²) in [4.78, 5) is 0. The second kappa shape index (κ2) is 16.4. The van der Waals surface area contributed by atoms with Crippen molar-refractivity contribution in [3.63, 3.8) is 0 Å². The van der Waals surface area contributed by atoms with E-state index in [1.54, 1.807) is 0 Å². The predicted octanol–water partition coefficient (Wildman–Crippen LogP) is 6.17. The molecular weight excluding hydrogens is 856 g/mol. The number of allylic oxidation sites excluding steroid dienone is 4. The second-order valence-corrected chi connectivity index (χ2v) is 12.9. The van der Waals surface area contributed by atoms with Crippen molar-refractivity contribution in [2.75, 3.05) is 0 Å². The van der Waals surface area contributed by atoms with Crippen molar-refractivity contribution in [2.24, 2.45) is 0 Å². The Bertz CT molecular complexity index is 2230. The van der Waals surface area contributed by atoms with Crippen LogP contribution in [-0.4, -0.2) is 3.26 Å². The van der Waals surface area contributed by atoms with E-state index in [1.165, 1.54) is 67.4 Å². The van der Waals surface area contributed by atoms with Crippen molar-refractivity contribution in [2.45, 2.75) is 18.8 Å². The van der Waals surface area contributed by atoms with E-state index in [0.29, 0.717) is 35.0 Å². The van der Waals surface area contributed by atoms with E-state index in [4.69, 9.17) is 0 Å². The summed E-state index contributed by atoms with van der Waals surface area (Å²) in [5.74, 6) is 0. The van der Waals surface area contributed by atoms with Gasteiger partial charge in [0, 0.05) is 0 Å². The first kappa shape index (κ1) is 38.9. The summed E-state index contributed by atoms with van der Waals surface area (Å²) in [7, 11) is 0. The van der Waals surface area contributed by atoms with E-state index < -0.39 is 23.5 Å². The summed E-state index contributed by atoms with van der Waals surface area (Å²) in [5, 5.41) is 10.8. The van der Waals surface area contributed by atoms with Crippen LogP contribution >= 0.6 is 0 Å². The van der Waals surface area contributed by atoms with Crippen LogP contribution in [0.15, 0.2) is 146 Å². The van der Waals surface area contributed by atoms with Gasteiger partial charge in [0.05, 0.1) is 0 Å². The molecule has 9 heteroatoms. The minimum Gasteiger partial charge on any atom is -1.00 e. The zero-order valence-corrected chi connectivity index (χ0v) is 31.2. The minimum atomic E-state index is -4.40. The zero-order chi connectivity index (χ0) is 33.9. The van der Waals surface area contributed by atoms with Crippen LogP contribution in [0, 0.1) is 6.08 Å². The van der Waals surface area contributed by atoms with Crippen molar-refractivity contribution in [3.05, 3.63) is 174 Å². The van der Waals surface area contributed by atoms with Crippen LogP contribution in [0.2, 0.25) is 0 Å². The Kier molecular flexibility index (Phi) is 12.8. The molecule has 0 atom stereocenters. The van der Waals surface area contributed by atoms with Crippen LogP contribution in [0.5, 0.6) is 0 Å². The summed E-state index contributed by atoms with van der Waals surface area (Å²) in [6, 6.07) is 37.7. The van der Waals surface area contributed by atoms with Gasteiger partial charge in [0.2, 0.25) is 0 Å². The average molecular weight is 882 g/mol. The van der Waals surface area contributed by atoms with Crippen molar-refractivity contribution in [1.82, 2.24) is 0 Å². The van der Waals surface area contributed by atoms with Crippen LogP contribution in [-0.2, 0) is 36.2 Å². The number of hydrogen-bond donors (Lipinski definition) is 0. The number of benzene rings is 6. The number of halogens is 8. The molecule has 7 aromatic carbocycles. The van der Waals surface area contributed by atoms with Gasteiger partial charge < -0.3 is 24.8 Å². The summed E-state index contributed by atoms with van der Waals surface area (Å²) in [5.41, 5.74) is -0.338. The molecule has 7 aromatic rings. The summed E-state index contributed by atoms with van der Waals surface area (Å²) < 4.78 is 75.7. The topological polar surface area (TPSA) is 0 Å². The summed E-state index contributed by atoms with van der Waals surface area (Å²) in [6.45, 7) is 0. The van der Waals surface area contributed by atoms with Crippen LogP contribution in [0.3, 0.4) is 0 Å². The molecule has 0 N–H and O–H groups in total. The maximum Gasteiger partial charge on any atom is -0.0255 e. The van der Waals surface area contributed by atoms with Crippen LogP contribution in [0.1, 0.15) is 28.7 Å². The fourth-order valence-corrected chi connectivity index (χ4v) is 6.97. The molecule has 252 valence electrons.